The second-order valence-electron chi connectivity index (χ2n) is 2.57. The highest BCUT2D eigenvalue weighted by Crippen LogP contribution is 2.02. The molecule has 0 aliphatic carbocycles. The zero-order valence-electron chi connectivity index (χ0n) is 6.90. The van der Waals surface area contributed by atoms with Gasteiger partial charge in [0.05, 0.1) is 11.9 Å². The van der Waals surface area contributed by atoms with Crippen LogP contribution in [0.5, 0.6) is 0 Å². The van der Waals surface area contributed by atoms with Crippen molar-refractivity contribution in [1.29, 1.82) is 0 Å². The summed E-state index contributed by atoms with van der Waals surface area (Å²) in [5, 5.41) is 3.86. The van der Waals surface area contributed by atoms with Crippen molar-refractivity contribution in [3.05, 3.63) is 22.6 Å². The molecule has 0 saturated carbocycles. The fraction of sp³-hybridized carbons (Fsp3) is 0.429. The molecular formula is C7H11N3O. The van der Waals surface area contributed by atoms with Crippen LogP contribution in [0.2, 0.25) is 0 Å². The minimum atomic E-state index is -0.0869. The van der Waals surface area contributed by atoms with E-state index in [1.807, 2.05) is 19.0 Å². The fourth-order valence-electron chi connectivity index (χ4n) is 0.704. The van der Waals surface area contributed by atoms with E-state index in [-0.39, 0.29) is 5.56 Å². The van der Waals surface area contributed by atoms with E-state index in [4.69, 9.17) is 0 Å². The summed E-state index contributed by atoms with van der Waals surface area (Å²) in [6.45, 7) is 0. The lowest BCUT2D eigenvalue weighted by Gasteiger charge is -2.10. The van der Waals surface area contributed by atoms with Crippen LogP contribution in [-0.4, -0.2) is 23.9 Å². The molecule has 4 heteroatoms. The van der Waals surface area contributed by atoms with Gasteiger partial charge < -0.3 is 4.90 Å². The Labute approximate surface area is 65.1 Å². The van der Waals surface area contributed by atoms with Gasteiger partial charge in [-0.3, -0.25) is 4.79 Å². The van der Waals surface area contributed by atoms with Gasteiger partial charge in [-0.1, -0.05) is 0 Å². The third-order valence-corrected chi connectivity index (χ3v) is 1.47. The normalized spacial score (nSPS) is 9.73. The second kappa shape index (κ2) is 2.74. The van der Waals surface area contributed by atoms with Gasteiger partial charge in [-0.2, -0.15) is 5.10 Å². The molecule has 1 rings (SSSR count). The third kappa shape index (κ3) is 1.58. The van der Waals surface area contributed by atoms with E-state index in [2.05, 4.69) is 5.10 Å². The van der Waals surface area contributed by atoms with Gasteiger partial charge in [0.25, 0.3) is 5.56 Å². The van der Waals surface area contributed by atoms with E-state index >= 15 is 0 Å². The minimum absolute atomic E-state index is 0.0869. The molecule has 1 heterocycles. The SMILES string of the molecule is CN(C)c1cnn(C)c(=O)c1. The lowest BCUT2D eigenvalue weighted by atomic mass is 10.4. The fourth-order valence-corrected chi connectivity index (χ4v) is 0.704. The van der Waals surface area contributed by atoms with Gasteiger partial charge in [0, 0.05) is 27.2 Å². The molecule has 0 fully saturated rings. The molecular weight excluding hydrogens is 142 g/mol. The van der Waals surface area contributed by atoms with Crippen molar-refractivity contribution in [2.45, 2.75) is 0 Å². The first-order valence-electron chi connectivity index (χ1n) is 3.32. The molecule has 0 N–H and O–H groups in total. The Balaban J connectivity index is 3.16. The summed E-state index contributed by atoms with van der Waals surface area (Å²) in [5.41, 5.74) is 0.740. The Kier molecular flexibility index (Phi) is 1.94. The van der Waals surface area contributed by atoms with Crippen LogP contribution < -0.4 is 10.5 Å². The molecule has 0 amide bonds. The van der Waals surface area contributed by atoms with Crippen molar-refractivity contribution < 1.29 is 0 Å². The Bertz CT molecular complexity index is 303. The standard InChI is InChI=1S/C7H11N3O/c1-9(2)6-4-7(11)10(3)8-5-6/h4-5H,1-3H3. The Morgan fingerprint density at radius 1 is 1.55 bits per heavy atom. The van der Waals surface area contributed by atoms with Crippen LogP contribution in [0.1, 0.15) is 0 Å². The van der Waals surface area contributed by atoms with Gasteiger partial charge in [-0.05, 0) is 0 Å². The van der Waals surface area contributed by atoms with Gasteiger partial charge in [-0.25, -0.2) is 4.68 Å². The number of anilines is 1. The van der Waals surface area contributed by atoms with Crippen molar-refractivity contribution in [3.63, 3.8) is 0 Å². The van der Waals surface area contributed by atoms with Gasteiger partial charge in [0.15, 0.2) is 0 Å². The number of hydrogen-bond acceptors (Lipinski definition) is 3. The maximum atomic E-state index is 11.0. The third-order valence-electron chi connectivity index (χ3n) is 1.47. The van der Waals surface area contributed by atoms with E-state index < -0.39 is 0 Å². The average molecular weight is 153 g/mol. The number of aromatic nitrogens is 2. The summed E-state index contributed by atoms with van der Waals surface area (Å²) >= 11 is 0. The van der Waals surface area contributed by atoms with Crippen molar-refractivity contribution in [2.24, 2.45) is 7.05 Å². The van der Waals surface area contributed by atoms with E-state index in [9.17, 15) is 4.79 Å². The Morgan fingerprint density at radius 3 is 2.64 bits per heavy atom. The number of hydrogen-bond donors (Lipinski definition) is 0. The summed E-state index contributed by atoms with van der Waals surface area (Å²) in [4.78, 5) is 12.9. The molecule has 0 unspecified atom stereocenters. The molecule has 1 aromatic rings. The maximum absolute atomic E-state index is 11.0. The summed E-state index contributed by atoms with van der Waals surface area (Å²) in [6, 6.07) is 1.55. The van der Waals surface area contributed by atoms with Crippen LogP contribution in [0.15, 0.2) is 17.1 Å². The van der Waals surface area contributed by atoms with Gasteiger partial charge >= 0.3 is 0 Å². The highest BCUT2D eigenvalue weighted by Gasteiger charge is 1.96. The molecule has 0 aromatic carbocycles. The van der Waals surface area contributed by atoms with Gasteiger partial charge in [-0.15, -0.1) is 0 Å². The van der Waals surface area contributed by atoms with E-state index in [0.717, 1.165) is 5.69 Å². The summed E-state index contributed by atoms with van der Waals surface area (Å²) in [7, 11) is 5.37. The molecule has 11 heavy (non-hydrogen) atoms. The Hall–Kier alpha value is -1.32. The van der Waals surface area contributed by atoms with Crippen molar-refractivity contribution in [1.82, 2.24) is 9.78 Å². The molecule has 0 bridgehead atoms. The highest BCUT2D eigenvalue weighted by molar-refractivity contribution is 5.40. The van der Waals surface area contributed by atoms with E-state index in [1.165, 1.54) is 4.68 Å². The highest BCUT2D eigenvalue weighted by atomic mass is 16.1. The Morgan fingerprint density at radius 2 is 2.18 bits per heavy atom. The smallest absolute Gasteiger partial charge is 0.268 e. The lowest BCUT2D eigenvalue weighted by Crippen LogP contribution is -2.21. The molecule has 60 valence electrons. The van der Waals surface area contributed by atoms with E-state index in [1.54, 1.807) is 19.3 Å². The molecule has 0 atom stereocenters. The summed E-state index contributed by atoms with van der Waals surface area (Å²) in [6.07, 6.45) is 1.65. The van der Waals surface area contributed by atoms with Gasteiger partial charge in [0.1, 0.15) is 0 Å². The quantitative estimate of drug-likeness (QED) is 0.563. The number of nitrogens with zero attached hydrogens (tertiary/aromatic N) is 3. The van der Waals surface area contributed by atoms with Crippen molar-refractivity contribution >= 4 is 5.69 Å². The van der Waals surface area contributed by atoms with E-state index in [0.29, 0.717) is 0 Å². The molecule has 1 aromatic heterocycles. The van der Waals surface area contributed by atoms with Crippen LogP contribution in [0.4, 0.5) is 5.69 Å². The first-order valence-corrected chi connectivity index (χ1v) is 3.32. The minimum Gasteiger partial charge on any atom is -0.376 e. The molecule has 0 radical (unpaired) electrons. The maximum Gasteiger partial charge on any atom is 0.268 e. The number of aryl methyl sites for hydroxylation is 1. The van der Waals surface area contributed by atoms with Crippen LogP contribution in [0.3, 0.4) is 0 Å². The van der Waals surface area contributed by atoms with Crippen LogP contribution in [0.25, 0.3) is 0 Å². The first kappa shape index (κ1) is 7.78. The molecule has 4 nitrogen and oxygen atoms in total. The zero-order valence-corrected chi connectivity index (χ0v) is 6.90. The largest absolute Gasteiger partial charge is 0.376 e. The first-order chi connectivity index (χ1) is 5.11. The molecule has 0 aliphatic heterocycles. The predicted octanol–water partition coefficient (Wildman–Crippen LogP) is -0.154. The van der Waals surface area contributed by atoms with Crippen LogP contribution in [0, 0.1) is 0 Å². The van der Waals surface area contributed by atoms with Crippen molar-refractivity contribution in [3.8, 4) is 0 Å². The molecule has 0 spiro atoms. The number of rotatable bonds is 1. The molecule has 0 saturated heterocycles. The van der Waals surface area contributed by atoms with Gasteiger partial charge in [0.2, 0.25) is 0 Å². The second-order valence-corrected chi connectivity index (χ2v) is 2.57. The molecule has 0 aliphatic rings. The summed E-state index contributed by atoms with van der Waals surface area (Å²) < 4.78 is 1.30. The lowest BCUT2D eigenvalue weighted by molar-refractivity contribution is 0.706. The van der Waals surface area contributed by atoms with Crippen LogP contribution >= 0.6 is 0 Å². The average Bonchev–Trinajstić information content (AvgIpc) is 1.94. The van der Waals surface area contributed by atoms with Crippen LogP contribution in [-0.2, 0) is 7.05 Å². The van der Waals surface area contributed by atoms with Crippen molar-refractivity contribution in [2.75, 3.05) is 19.0 Å². The zero-order chi connectivity index (χ0) is 8.43. The predicted molar refractivity (Wildman–Crippen MR) is 43.8 cm³/mol. The topological polar surface area (TPSA) is 38.1 Å². The monoisotopic (exact) mass is 153 g/mol. The summed E-state index contributed by atoms with van der Waals surface area (Å²) in [5.74, 6) is 0.